The first kappa shape index (κ1) is 16.2. The highest BCUT2D eigenvalue weighted by atomic mass is 32.2. The number of rotatable bonds is 4. The van der Waals surface area contributed by atoms with Crippen LogP contribution in [0.25, 0.3) is 0 Å². The van der Waals surface area contributed by atoms with Crippen LogP contribution in [0.5, 0.6) is 0 Å². The topological polar surface area (TPSA) is 66.6 Å². The van der Waals surface area contributed by atoms with Crippen molar-refractivity contribution in [3.8, 4) is 0 Å². The lowest BCUT2D eigenvalue weighted by Gasteiger charge is -2.33. The van der Waals surface area contributed by atoms with E-state index in [2.05, 4.69) is 6.92 Å². The van der Waals surface area contributed by atoms with Crippen LogP contribution in [0, 0.1) is 5.92 Å². The molecule has 0 bridgehead atoms. The molecule has 0 unspecified atom stereocenters. The fourth-order valence-electron chi connectivity index (χ4n) is 2.47. The predicted octanol–water partition coefficient (Wildman–Crippen LogP) is 1.73. The normalized spacial score (nSPS) is 17.6. The minimum absolute atomic E-state index is 0.194. The summed E-state index contributed by atoms with van der Waals surface area (Å²) in [6.45, 7) is 3.27. The summed E-state index contributed by atoms with van der Waals surface area (Å²) in [5.74, 6) is 0.575. The Labute approximate surface area is 131 Å². The van der Waals surface area contributed by atoms with Crippen molar-refractivity contribution in [3.05, 3.63) is 29.8 Å². The molecule has 0 aromatic heterocycles. The molecule has 2 N–H and O–H groups in total. The first-order chi connectivity index (χ1) is 9.84. The summed E-state index contributed by atoms with van der Waals surface area (Å²) in [6.07, 6.45) is 1.79. The van der Waals surface area contributed by atoms with Gasteiger partial charge in [0.15, 0.2) is 0 Å². The van der Waals surface area contributed by atoms with Gasteiger partial charge in [0.25, 0.3) is 0 Å². The number of piperidine rings is 1. The maximum Gasteiger partial charge on any atom is 0.303 e. The number of hydrogen-bond donors (Lipinski definition) is 1. The largest absolute Gasteiger partial charge is 0.389 e. The van der Waals surface area contributed by atoms with Gasteiger partial charge >= 0.3 is 10.2 Å². The average molecular weight is 327 g/mol. The first-order valence-corrected chi connectivity index (χ1v) is 8.77. The fraction of sp³-hybridized carbons (Fsp3) is 0.500. The molecule has 1 heterocycles. The smallest absolute Gasteiger partial charge is 0.303 e. The molecule has 1 aromatic rings. The second kappa shape index (κ2) is 6.29. The molecule has 1 aliphatic heterocycles. The van der Waals surface area contributed by atoms with Gasteiger partial charge in [0, 0.05) is 25.7 Å². The first-order valence-electron chi connectivity index (χ1n) is 6.97. The van der Waals surface area contributed by atoms with Crippen molar-refractivity contribution in [2.24, 2.45) is 11.7 Å². The molecule has 2 rings (SSSR count). The van der Waals surface area contributed by atoms with E-state index in [1.165, 1.54) is 8.61 Å². The molecule has 0 atom stereocenters. The number of hydrogen-bond acceptors (Lipinski definition) is 3. The van der Waals surface area contributed by atoms with E-state index in [4.69, 9.17) is 18.0 Å². The van der Waals surface area contributed by atoms with Crippen LogP contribution in [0.3, 0.4) is 0 Å². The van der Waals surface area contributed by atoms with Gasteiger partial charge < -0.3 is 5.73 Å². The molecule has 5 nitrogen and oxygen atoms in total. The zero-order valence-corrected chi connectivity index (χ0v) is 14.0. The standard InChI is InChI=1S/C14H21N3O2S2/c1-11-7-9-17(10-8-11)21(18,19)16(2)13-6-4-3-5-12(13)14(15)20/h3-6,11H,7-10H2,1-2H3,(H2,15,20). The summed E-state index contributed by atoms with van der Waals surface area (Å²) in [6, 6.07) is 7.03. The Balaban J connectivity index is 2.31. The number of nitrogens with two attached hydrogens (primary N) is 1. The Kier molecular flexibility index (Phi) is 4.85. The van der Waals surface area contributed by atoms with Gasteiger partial charge in [-0.3, -0.25) is 4.31 Å². The van der Waals surface area contributed by atoms with Gasteiger partial charge in [-0.1, -0.05) is 31.3 Å². The lowest BCUT2D eigenvalue weighted by Crippen LogP contribution is -2.46. The van der Waals surface area contributed by atoms with Gasteiger partial charge in [0.2, 0.25) is 0 Å². The third-order valence-corrected chi connectivity index (χ3v) is 6.05. The highest BCUT2D eigenvalue weighted by Crippen LogP contribution is 2.26. The van der Waals surface area contributed by atoms with Crippen molar-refractivity contribution in [2.45, 2.75) is 19.8 Å². The molecule has 116 valence electrons. The van der Waals surface area contributed by atoms with E-state index in [0.717, 1.165) is 12.8 Å². The third kappa shape index (κ3) is 3.36. The van der Waals surface area contributed by atoms with Crippen LogP contribution in [0.1, 0.15) is 25.3 Å². The molecular formula is C14H21N3O2S2. The van der Waals surface area contributed by atoms with E-state index in [0.29, 0.717) is 30.3 Å². The van der Waals surface area contributed by atoms with Crippen LogP contribution in [0.4, 0.5) is 5.69 Å². The molecular weight excluding hydrogens is 306 g/mol. The van der Waals surface area contributed by atoms with Crippen LogP contribution in [-0.2, 0) is 10.2 Å². The molecule has 1 aromatic carbocycles. The summed E-state index contributed by atoms with van der Waals surface area (Å²) in [5.41, 5.74) is 6.78. The molecule has 0 aliphatic carbocycles. The highest BCUT2D eigenvalue weighted by molar-refractivity contribution is 7.90. The predicted molar refractivity (Wildman–Crippen MR) is 89.6 cm³/mol. The highest BCUT2D eigenvalue weighted by Gasteiger charge is 2.31. The van der Waals surface area contributed by atoms with Crippen molar-refractivity contribution >= 4 is 33.1 Å². The monoisotopic (exact) mass is 327 g/mol. The molecule has 0 radical (unpaired) electrons. The third-order valence-electron chi connectivity index (χ3n) is 3.92. The van der Waals surface area contributed by atoms with Crippen LogP contribution in [-0.4, -0.2) is 37.8 Å². The zero-order valence-electron chi connectivity index (χ0n) is 12.3. The van der Waals surface area contributed by atoms with Gasteiger partial charge in [0.05, 0.1) is 5.69 Å². The summed E-state index contributed by atoms with van der Waals surface area (Å²) >= 11 is 5.01. The molecule has 1 aliphatic rings. The molecule has 0 saturated carbocycles. The second-order valence-electron chi connectivity index (χ2n) is 5.44. The van der Waals surface area contributed by atoms with E-state index in [-0.39, 0.29) is 4.99 Å². The summed E-state index contributed by atoms with van der Waals surface area (Å²) in [5, 5.41) is 0. The van der Waals surface area contributed by atoms with Crippen molar-refractivity contribution in [3.63, 3.8) is 0 Å². The Morgan fingerprint density at radius 3 is 2.48 bits per heavy atom. The van der Waals surface area contributed by atoms with Crippen molar-refractivity contribution in [1.29, 1.82) is 0 Å². The molecule has 0 spiro atoms. The van der Waals surface area contributed by atoms with E-state index in [9.17, 15) is 8.42 Å². The molecule has 21 heavy (non-hydrogen) atoms. The van der Waals surface area contributed by atoms with E-state index in [1.54, 1.807) is 31.3 Å². The molecule has 0 amide bonds. The maximum atomic E-state index is 12.7. The van der Waals surface area contributed by atoms with Gasteiger partial charge in [-0.25, -0.2) is 0 Å². The number of anilines is 1. The van der Waals surface area contributed by atoms with Crippen molar-refractivity contribution < 1.29 is 8.42 Å². The maximum absolute atomic E-state index is 12.7. The fourth-order valence-corrected chi connectivity index (χ4v) is 4.07. The SMILES string of the molecule is CC1CCN(S(=O)(=O)N(C)c2ccccc2C(N)=S)CC1. The van der Waals surface area contributed by atoms with Gasteiger partial charge in [-0.05, 0) is 30.9 Å². The van der Waals surface area contributed by atoms with Crippen molar-refractivity contribution in [2.75, 3.05) is 24.4 Å². The minimum atomic E-state index is -3.54. The van der Waals surface area contributed by atoms with Crippen LogP contribution < -0.4 is 10.0 Å². The number of nitrogens with zero attached hydrogens (tertiary/aromatic N) is 2. The average Bonchev–Trinajstić information content (AvgIpc) is 2.46. The van der Waals surface area contributed by atoms with E-state index >= 15 is 0 Å². The Morgan fingerprint density at radius 1 is 1.33 bits per heavy atom. The van der Waals surface area contributed by atoms with Crippen LogP contribution >= 0.6 is 12.2 Å². The Bertz CT molecular complexity index is 623. The molecule has 1 fully saturated rings. The summed E-state index contributed by atoms with van der Waals surface area (Å²) in [4.78, 5) is 0.194. The van der Waals surface area contributed by atoms with Gasteiger partial charge in [-0.15, -0.1) is 0 Å². The Morgan fingerprint density at radius 2 is 1.90 bits per heavy atom. The number of benzene rings is 1. The quantitative estimate of drug-likeness (QED) is 0.855. The zero-order chi connectivity index (χ0) is 15.6. The van der Waals surface area contributed by atoms with E-state index in [1.807, 2.05) is 0 Å². The van der Waals surface area contributed by atoms with Crippen molar-refractivity contribution in [1.82, 2.24) is 4.31 Å². The van der Waals surface area contributed by atoms with E-state index < -0.39 is 10.2 Å². The van der Waals surface area contributed by atoms with Gasteiger partial charge in [0.1, 0.15) is 4.99 Å². The van der Waals surface area contributed by atoms with Crippen LogP contribution in [0.2, 0.25) is 0 Å². The molecule has 1 saturated heterocycles. The summed E-state index contributed by atoms with van der Waals surface area (Å²) in [7, 11) is -2.00. The number of thiocarbonyl (C=S) groups is 1. The summed E-state index contributed by atoms with van der Waals surface area (Å²) < 4.78 is 28.3. The van der Waals surface area contributed by atoms with Crippen LogP contribution in [0.15, 0.2) is 24.3 Å². The minimum Gasteiger partial charge on any atom is -0.389 e. The Hall–Kier alpha value is -1.18. The number of para-hydroxylation sites is 1. The molecule has 7 heteroatoms. The lowest BCUT2D eigenvalue weighted by atomic mass is 10.0. The second-order valence-corrected chi connectivity index (χ2v) is 7.84. The lowest BCUT2D eigenvalue weighted by molar-refractivity contribution is 0.287. The van der Waals surface area contributed by atoms with Gasteiger partial charge in [-0.2, -0.15) is 12.7 Å².